The number of aliphatic hydroxyl groups is 1. The van der Waals surface area contributed by atoms with Crippen LogP contribution < -0.4 is 19.5 Å². The number of carbonyl (C=O) groups is 2. The van der Waals surface area contributed by atoms with Gasteiger partial charge in [-0.2, -0.15) is 0 Å². The van der Waals surface area contributed by atoms with E-state index in [4.69, 9.17) is 18.9 Å². The lowest BCUT2D eigenvalue weighted by Gasteiger charge is -2.31. The minimum absolute atomic E-state index is 0.0885. The smallest absolute Gasteiger partial charge is 0.319 e. The summed E-state index contributed by atoms with van der Waals surface area (Å²) in [7, 11) is 1.51. The number of nitrogens with zero attached hydrogens (tertiary/aromatic N) is 2. The van der Waals surface area contributed by atoms with Gasteiger partial charge in [0.1, 0.15) is 17.4 Å². The number of hydrogen-bond acceptors (Lipinski definition) is 9. The zero-order valence-electron chi connectivity index (χ0n) is 21.9. The summed E-state index contributed by atoms with van der Waals surface area (Å²) in [6, 6.07) is 8.89. The van der Waals surface area contributed by atoms with Gasteiger partial charge in [-0.15, -0.1) is 0 Å². The molecule has 0 radical (unpaired) electrons. The number of halogens is 1. The number of fused-ring (bicyclic) bond motifs is 1. The number of carboxylic acids is 1. The third-order valence-electron chi connectivity index (χ3n) is 7.05. The van der Waals surface area contributed by atoms with Gasteiger partial charge >= 0.3 is 5.97 Å². The van der Waals surface area contributed by atoms with Crippen LogP contribution in [0.1, 0.15) is 19.3 Å². The molecule has 3 aromatic rings. The Balaban J connectivity index is 1.27. The molecule has 1 atom stereocenters. The molecule has 2 heterocycles. The van der Waals surface area contributed by atoms with E-state index < -0.39 is 29.3 Å². The summed E-state index contributed by atoms with van der Waals surface area (Å²) >= 11 is 0. The molecular formula is C28H30FN3O8. The minimum atomic E-state index is -1.44. The van der Waals surface area contributed by atoms with Crippen molar-refractivity contribution < 1.29 is 43.1 Å². The van der Waals surface area contributed by atoms with Gasteiger partial charge in [0.05, 0.1) is 32.4 Å². The fourth-order valence-electron chi connectivity index (χ4n) is 4.52. The van der Waals surface area contributed by atoms with E-state index in [1.54, 1.807) is 18.2 Å². The highest BCUT2D eigenvalue weighted by Crippen LogP contribution is 2.47. The first-order valence-electron chi connectivity index (χ1n) is 12.9. The Hall–Kier alpha value is -4.00. The van der Waals surface area contributed by atoms with E-state index in [0.717, 1.165) is 6.07 Å². The van der Waals surface area contributed by atoms with Crippen LogP contribution >= 0.6 is 0 Å². The van der Waals surface area contributed by atoms with Gasteiger partial charge in [-0.05, 0) is 43.5 Å². The maximum Gasteiger partial charge on any atom is 0.319 e. The van der Waals surface area contributed by atoms with Gasteiger partial charge in [0.2, 0.25) is 5.91 Å². The van der Waals surface area contributed by atoms with E-state index >= 15 is 0 Å². The summed E-state index contributed by atoms with van der Waals surface area (Å²) in [6.45, 7) is 2.60. The van der Waals surface area contributed by atoms with Gasteiger partial charge in [-0.25, -0.2) is 4.39 Å². The lowest BCUT2D eigenvalue weighted by molar-refractivity contribution is -0.147. The maximum absolute atomic E-state index is 14.9. The second kappa shape index (κ2) is 11.6. The summed E-state index contributed by atoms with van der Waals surface area (Å²) in [6.07, 6.45) is 2.10. The quantitative estimate of drug-likeness (QED) is 0.238. The molecule has 2 fully saturated rings. The fraction of sp³-hybridized carbons (Fsp3) is 0.393. The molecule has 1 saturated heterocycles. The molecule has 40 heavy (non-hydrogen) atoms. The number of aliphatic hydroxyl groups excluding tert-OH is 1. The van der Waals surface area contributed by atoms with Crippen molar-refractivity contribution in [1.29, 1.82) is 0 Å². The first-order chi connectivity index (χ1) is 19.3. The number of benzene rings is 2. The lowest BCUT2D eigenvalue weighted by atomic mass is 10.1. The molecule has 11 nitrogen and oxygen atoms in total. The van der Waals surface area contributed by atoms with E-state index in [9.17, 15) is 24.2 Å². The van der Waals surface area contributed by atoms with Crippen molar-refractivity contribution in [2.24, 2.45) is 5.41 Å². The number of ether oxygens (including phenoxy) is 4. The highest BCUT2D eigenvalue weighted by atomic mass is 19.1. The SMILES string of the molecule is COc1cc2c(Oc3ccc(NC(=O)C4(C(=O)O)CC4)cc3F)ccnc2cc1OCCCN1CCOCC1O. The van der Waals surface area contributed by atoms with Crippen molar-refractivity contribution in [2.75, 3.05) is 45.3 Å². The second-order valence-electron chi connectivity index (χ2n) is 9.71. The normalized spacial score (nSPS) is 18.2. The number of amides is 1. The van der Waals surface area contributed by atoms with Crippen LogP contribution in [0.15, 0.2) is 42.6 Å². The average Bonchev–Trinajstić information content (AvgIpc) is 3.76. The van der Waals surface area contributed by atoms with Crippen LogP contribution in [0.2, 0.25) is 0 Å². The number of rotatable bonds is 11. The first-order valence-corrected chi connectivity index (χ1v) is 12.9. The number of nitrogens with one attached hydrogen (secondary N) is 1. The monoisotopic (exact) mass is 555 g/mol. The zero-order valence-corrected chi connectivity index (χ0v) is 21.9. The third-order valence-corrected chi connectivity index (χ3v) is 7.05. The number of pyridine rings is 1. The molecule has 1 aromatic heterocycles. The molecule has 1 unspecified atom stereocenters. The van der Waals surface area contributed by atoms with Crippen molar-refractivity contribution in [3.05, 3.63) is 48.4 Å². The molecule has 212 valence electrons. The molecule has 1 aliphatic carbocycles. The number of carbonyl (C=O) groups excluding carboxylic acids is 1. The number of methoxy groups -OCH3 is 1. The van der Waals surface area contributed by atoms with Crippen LogP contribution in [0.3, 0.4) is 0 Å². The van der Waals surface area contributed by atoms with E-state index in [-0.39, 0.29) is 24.3 Å². The molecule has 5 rings (SSSR count). The van der Waals surface area contributed by atoms with Gasteiger partial charge in [0.15, 0.2) is 23.1 Å². The van der Waals surface area contributed by atoms with Crippen molar-refractivity contribution >= 4 is 28.5 Å². The van der Waals surface area contributed by atoms with Gasteiger partial charge < -0.3 is 34.5 Å². The highest BCUT2D eigenvalue weighted by Gasteiger charge is 2.57. The summed E-state index contributed by atoms with van der Waals surface area (Å²) in [5.41, 5.74) is -0.757. The third kappa shape index (κ3) is 5.79. The minimum Gasteiger partial charge on any atom is -0.493 e. The Morgan fingerprint density at radius 2 is 2.00 bits per heavy atom. The molecule has 3 N–H and O–H groups in total. The number of aromatic nitrogens is 1. The van der Waals surface area contributed by atoms with Crippen LogP contribution in [0.4, 0.5) is 10.1 Å². The predicted molar refractivity (Wildman–Crippen MR) is 141 cm³/mol. The lowest BCUT2D eigenvalue weighted by Crippen LogP contribution is -2.45. The zero-order chi connectivity index (χ0) is 28.3. The van der Waals surface area contributed by atoms with E-state index in [0.29, 0.717) is 67.5 Å². The molecule has 12 heteroatoms. The molecule has 2 aliphatic rings. The first kappa shape index (κ1) is 27.6. The fourth-order valence-corrected chi connectivity index (χ4v) is 4.52. The number of morpholine rings is 1. The average molecular weight is 556 g/mol. The largest absolute Gasteiger partial charge is 0.493 e. The predicted octanol–water partition coefficient (Wildman–Crippen LogP) is 3.40. The standard InChI is InChI=1S/C28H30FN3O8/c1-37-23-14-18-20(15-24(23)39-11-2-9-32-10-12-38-16-25(32)33)30-8-5-21(18)40-22-4-3-17(13-19(22)29)31-26(34)28(6-7-28)27(35)36/h3-5,8,13-15,25,33H,2,6-7,9-12,16H2,1H3,(H,31,34)(H,35,36). The molecule has 2 aromatic carbocycles. The van der Waals surface area contributed by atoms with Crippen LogP contribution in [-0.2, 0) is 14.3 Å². The summed E-state index contributed by atoms with van der Waals surface area (Å²) in [4.78, 5) is 30.0. The van der Waals surface area contributed by atoms with Crippen LogP contribution in [0.25, 0.3) is 10.9 Å². The van der Waals surface area contributed by atoms with Crippen molar-refractivity contribution in [3.8, 4) is 23.0 Å². The Kier molecular flexibility index (Phi) is 8.01. The molecule has 0 bridgehead atoms. The molecule has 0 spiro atoms. The topological polar surface area (TPSA) is 140 Å². The van der Waals surface area contributed by atoms with Gasteiger partial charge in [-0.1, -0.05) is 0 Å². The van der Waals surface area contributed by atoms with Gasteiger partial charge in [-0.3, -0.25) is 19.5 Å². The molecule has 1 aliphatic heterocycles. The molecule has 1 saturated carbocycles. The Morgan fingerprint density at radius 3 is 2.70 bits per heavy atom. The maximum atomic E-state index is 14.9. The van der Waals surface area contributed by atoms with Gasteiger partial charge in [0, 0.05) is 42.5 Å². The molecule has 1 amide bonds. The summed E-state index contributed by atoms with van der Waals surface area (Å²) < 4.78 is 37.5. The summed E-state index contributed by atoms with van der Waals surface area (Å²) in [5, 5.41) is 22.3. The summed E-state index contributed by atoms with van der Waals surface area (Å²) in [5.74, 6) is -1.42. The number of anilines is 1. The second-order valence-corrected chi connectivity index (χ2v) is 9.71. The number of carboxylic acid groups (broad SMARTS) is 1. The Labute approximate surface area is 229 Å². The van der Waals surface area contributed by atoms with Crippen molar-refractivity contribution in [2.45, 2.75) is 25.5 Å². The van der Waals surface area contributed by atoms with E-state index in [1.165, 1.54) is 25.4 Å². The highest BCUT2D eigenvalue weighted by molar-refractivity contribution is 6.10. The number of hydrogen-bond donors (Lipinski definition) is 3. The van der Waals surface area contributed by atoms with Crippen LogP contribution in [-0.4, -0.2) is 78.2 Å². The Morgan fingerprint density at radius 1 is 1.18 bits per heavy atom. The van der Waals surface area contributed by atoms with E-state index in [2.05, 4.69) is 10.3 Å². The van der Waals surface area contributed by atoms with E-state index in [1.807, 2.05) is 4.90 Å². The van der Waals surface area contributed by atoms with Crippen molar-refractivity contribution in [1.82, 2.24) is 9.88 Å². The van der Waals surface area contributed by atoms with Crippen LogP contribution in [0.5, 0.6) is 23.0 Å². The number of aliphatic carboxylic acids is 1. The molecular weight excluding hydrogens is 525 g/mol. The van der Waals surface area contributed by atoms with Crippen molar-refractivity contribution in [3.63, 3.8) is 0 Å². The van der Waals surface area contributed by atoms with Crippen LogP contribution in [0, 0.1) is 11.2 Å². The Bertz CT molecular complexity index is 1410. The van der Waals surface area contributed by atoms with Gasteiger partial charge in [0.25, 0.3) is 0 Å².